The van der Waals surface area contributed by atoms with Crippen molar-refractivity contribution in [3.8, 4) is 0 Å². The molecule has 0 unspecified atom stereocenters. The Morgan fingerprint density at radius 1 is 1.83 bits per heavy atom. The second kappa shape index (κ2) is 4.34. The summed E-state index contributed by atoms with van der Waals surface area (Å²) in [6.07, 6.45) is 2.82. The Balaban J connectivity index is 2.66. The Hall–Kier alpha value is -0.660. The van der Waals surface area contributed by atoms with Gasteiger partial charge in [0, 0.05) is 6.20 Å². The molecule has 0 aliphatic heterocycles. The molecule has 2 heteroatoms. The maximum absolute atomic E-state index is 4.91. The van der Waals surface area contributed by atoms with E-state index in [0.717, 1.165) is 0 Å². The first-order chi connectivity index (χ1) is 2.91. The third-order valence-corrected chi connectivity index (χ3v) is 0.341. The summed E-state index contributed by atoms with van der Waals surface area (Å²) in [6.45, 7) is 2.59. The summed E-state index contributed by atoms with van der Waals surface area (Å²) in [6, 6.07) is 0. The fourth-order valence-electron chi connectivity index (χ4n) is 0.152. The van der Waals surface area contributed by atoms with Gasteiger partial charge in [-0.15, -0.1) is 0 Å². The van der Waals surface area contributed by atoms with Crippen LogP contribution in [-0.2, 0) is 4.74 Å². The van der Waals surface area contributed by atoms with E-state index in [2.05, 4.69) is 4.74 Å². The van der Waals surface area contributed by atoms with Gasteiger partial charge in [0.15, 0.2) is 0 Å². The molecule has 0 heterocycles. The van der Waals surface area contributed by atoms with E-state index in [-0.39, 0.29) is 0 Å². The van der Waals surface area contributed by atoms with E-state index in [4.69, 9.17) is 5.73 Å². The molecule has 2 N–H and O–H groups in total. The zero-order chi connectivity index (χ0) is 4.83. The van der Waals surface area contributed by atoms with Crippen LogP contribution in [0.2, 0.25) is 0 Å². The topological polar surface area (TPSA) is 35.2 Å². The summed E-state index contributed by atoms with van der Waals surface area (Å²) in [4.78, 5) is 0. The maximum Gasteiger partial charge on any atom is 0.0983 e. The van der Waals surface area contributed by atoms with E-state index in [0.29, 0.717) is 6.61 Å². The van der Waals surface area contributed by atoms with E-state index >= 15 is 0 Å². The van der Waals surface area contributed by atoms with Gasteiger partial charge < -0.3 is 10.5 Å². The first-order valence-corrected chi connectivity index (χ1v) is 1.90. The van der Waals surface area contributed by atoms with E-state index in [1.807, 2.05) is 6.92 Å². The van der Waals surface area contributed by atoms with Gasteiger partial charge in [0.2, 0.25) is 0 Å². The molecule has 0 amide bonds. The highest BCUT2D eigenvalue weighted by atomic mass is 16.5. The van der Waals surface area contributed by atoms with Crippen LogP contribution in [0.3, 0.4) is 0 Å². The lowest BCUT2D eigenvalue weighted by molar-refractivity contribution is 0.268. The van der Waals surface area contributed by atoms with Gasteiger partial charge in [-0.2, -0.15) is 0 Å². The van der Waals surface area contributed by atoms with Gasteiger partial charge in [-0.3, -0.25) is 0 Å². The molecule has 0 aliphatic rings. The molecule has 6 heavy (non-hydrogen) atoms. The van der Waals surface area contributed by atoms with Gasteiger partial charge in [-0.05, 0) is 6.92 Å². The van der Waals surface area contributed by atoms with Crippen LogP contribution in [0, 0.1) is 0 Å². The average Bonchev–Trinajstić information content (AvgIpc) is 1.61. The lowest BCUT2D eigenvalue weighted by Crippen LogP contribution is -1.80. The lowest BCUT2D eigenvalue weighted by Gasteiger charge is -1.86. The van der Waals surface area contributed by atoms with Crippen LogP contribution in [0.1, 0.15) is 6.92 Å². The van der Waals surface area contributed by atoms with Crippen molar-refractivity contribution >= 4 is 0 Å². The molecule has 0 aliphatic carbocycles. The summed E-state index contributed by atoms with van der Waals surface area (Å²) >= 11 is 0. The monoisotopic (exact) mass is 87.1 g/mol. The number of ether oxygens (including phenoxy) is 1. The van der Waals surface area contributed by atoms with E-state index < -0.39 is 0 Å². The Morgan fingerprint density at radius 2 is 2.50 bits per heavy atom. The molecule has 0 aromatic carbocycles. The van der Waals surface area contributed by atoms with E-state index in [1.54, 1.807) is 0 Å². The van der Waals surface area contributed by atoms with Gasteiger partial charge in [0.1, 0.15) is 0 Å². The molecule has 0 fully saturated rings. The summed E-state index contributed by atoms with van der Waals surface area (Å²) in [5.41, 5.74) is 4.91. The molecule has 0 aromatic rings. The molecular formula is C4H9NO. The number of hydrogen-bond donors (Lipinski definition) is 1. The predicted molar refractivity (Wildman–Crippen MR) is 25.0 cm³/mol. The highest BCUT2D eigenvalue weighted by Gasteiger charge is 1.60. The van der Waals surface area contributed by atoms with E-state index in [1.165, 1.54) is 12.5 Å². The van der Waals surface area contributed by atoms with Gasteiger partial charge in [0.05, 0.1) is 12.9 Å². The summed E-state index contributed by atoms with van der Waals surface area (Å²) in [5, 5.41) is 0. The van der Waals surface area contributed by atoms with Crippen LogP contribution >= 0.6 is 0 Å². The minimum atomic E-state index is 0.688. The van der Waals surface area contributed by atoms with Crippen molar-refractivity contribution < 1.29 is 4.74 Å². The zero-order valence-corrected chi connectivity index (χ0v) is 3.85. The fraction of sp³-hybridized carbons (Fsp3) is 0.500. The quantitative estimate of drug-likeness (QED) is 0.496. The summed E-state index contributed by atoms with van der Waals surface area (Å²) in [7, 11) is 0. The fourth-order valence-corrected chi connectivity index (χ4v) is 0.152. The maximum atomic E-state index is 4.91. The summed E-state index contributed by atoms with van der Waals surface area (Å²) < 4.78 is 4.68. The SMILES string of the molecule is CCOC=CN. The Kier molecular flexibility index (Phi) is 3.86. The number of nitrogens with two attached hydrogens (primary N) is 1. The third kappa shape index (κ3) is 3.34. The van der Waals surface area contributed by atoms with Crippen LogP contribution in [0.25, 0.3) is 0 Å². The second-order valence-corrected chi connectivity index (χ2v) is 0.784. The number of rotatable bonds is 2. The molecule has 0 bridgehead atoms. The molecule has 2 nitrogen and oxygen atoms in total. The van der Waals surface area contributed by atoms with Crippen molar-refractivity contribution in [2.45, 2.75) is 6.92 Å². The van der Waals surface area contributed by atoms with Crippen LogP contribution in [0.4, 0.5) is 0 Å². The van der Waals surface area contributed by atoms with Crippen LogP contribution in [0.5, 0.6) is 0 Å². The van der Waals surface area contributed by atoms with Crippen molar-refractivity contribution in [3.63, 3.8) is 0 Å². The minimum Gasteiger partial charge on any atom is -0.500 e. The van der Waals surface area contributed by atoms with E-state index in [9.17, 15) is 0 Å². The third-order valence-electron chi connectivity index (χ3n) is 0.341. The Labute approximate surface area is 37.6 Å². The average molecular weight is 87.1 g/mol. The lowest BCUT2D eigenvalue weighted by atomic mass is 10.9. The predicted octanol–water partition coefficient (Wildman–Crippen LogP) is 0.453. The van der Waals surface area contributed by atoms with Crippen molar-refractivity contribution in [1.29, 1.82) is 0 Å². The second-order valence-electron chi connectivity index (χ2n) is 0.784. The summed E-state index contributed by atoms with van der Waals surface area (Å²) in [5.74, 6) is 0. The largest absolute Gasteiger partial charge is 0.500 e. The molecule has 0 aromatic heterocycles. The Bertz CT molecular complexity index is 42.8. The molecule has 36 valence electrons. The van der Waals surface area contributed by atoms with Crippen molar-refractivity contribution in [2.75, 3.05) is 6.61 Å². The minimum absolute atomic E-state index is 0.688. The Morgan fingerprint density at radius 3 is 2.67 bits per heavy atom. The van der Waals surface area contributed by atoms with Gasteiger partial charge >= 0.3 is 0 Å². The highest BCUT2D eigenvalue weighted by Crippen LogP contribution is 1.68. The first kappa shape index (κ1) is 5.34. The molecular weight excluding hydrogens is 78.0 g/mol. The van der Waals surface area contributed by atoms with Crippen molar-refractivity contribution in [2.24, 2.45) is 5.73 Å². The molecule has 0 rings (SSSR count). The van der Waals surface area contributed by atoms with Gasteiger partial charge in [0.25, 0.3) is 0 Å². The number of hydrogen-bond acceptors (Lipinski definition) is 2. The first-order valence-electron chi connectivity index (χ1n) is 1.90. The molecule has 0 saturated carbocycles. The highest BCUT2D eigenvalue weighted by molar-refractivity contribution is 4.61. The smallest absolute Gasteiger partial charge is 0.0983 e. The van der Waals surface area contributed by atoms with Gasteiger partial charge in [-0.1, -0.05) is 0 Å². The molecule has 0 spiro atoms. The molecule has 0 radical (unpaired) electrons. The normalized spacial score (nSPS) is 9.50. The van der Waals surface area contributed by atoms with Crippen molar-refractivity contribution in [3.05, 3.63) is 12.5 Å². The van der Waals surface area contributed by atoms with Crippen LogP contribution < -0.4 is 5.73 Å². The molecule has 0 atom stereocenters. The standard InChI is InChI=1S/C4H9NO/c1-2-6-4-3-5/h3-4H,2,5H2,1H3. The van der Waals surface area contributed by atoms with Gasteiger partial charge in [-0.25, -0.2) is 0 Å². The zero-order valence-electron chi connectivity index (χ0n) is 3.85. The van der Waals surface area contributed by atoms with Crippen LogP contribution in [0.15, 0.2) is 12.5 Å². The van der Waals surface area contributed by atoms with Crippen LogP contribution in [-0.4, -0.2) is 6.61 Å². The van der Waals surface area contributed by atoms with Crippen molar-refractivity contribution in [1.82, 2.24) is 0 Å². The molecule has 0 saturated heterocycles.